The number of tetrazole rings is 1. The number of benzene rings is 1. The van der Waals surface area contributed by atoms with Crippen molar-refractivity contribution in [2.45, 2.75) is 6.54 Å². The fraction of sp³-hybridized carbons (Fsp3) is 0.111. The summed E-state index contributed by atoms with van der Waals surface area (Å²) in [6.45, 7) is -0.239. The summed E-state index contributed by atoms with van der Waals surface area (Å²) >= 11 is 0. The van der Waals surface area contributed by atoms with E-state index in [1.54, 1.807) is 0 Å². The number of rotatable bonds is 3. The van der Waals surface area contributed by atoms with Gasteiger partial charge in [0, 0.05) is 5.56 Å². The monoisotopic (exact) mass is 204 g/mol. The smallest absolute Gasteiger partial charge is 0.325 e. The second-order valence-corrected chi connectivity index (χ2v) is 2.92. The van der Waals surface area contributed by atoms with Crippen LogP contribution in [-0.4, -0.2) is 31.3 Å². The molecular formula is C9H8N4O2. The van der Waals surface area contributed by atoms with E-state index in [-0.39, 0.29) is 6.54 Å². The van der Waals surface area contributed by atoms with Gasteiger partial charge in [0.2, 0.25) is 0 Å². The predicted molar refractivity (Wildman–Crippen MR) is 50.9 cm³/mol. The highest BCUT2D eigenvalue weighted by Crippen LogP contribution is 2.13. The van der Waals surface area contributed by atoms with E-state index in [1.807, 2.05) is 30.3 Å². The summed E-state index contributed by atoms with van der Waals surface area (Å²) in [5.74, 6) is -0.516. The first-order valence-corrected chi connectivity index (χ1v) is 4.31. The minimum absolute atomic E-state index is 0.239. The summed E-state index contributed by atoms with van der Waals surface area (Å²) in [4.78, 5) is 10.5. The number of hydrogen-bond donors (Lipinski definition) is 1. The van der Waals surface area contributed by atoms with Crippen LogP contribution in [0.3, 0.4) is 0 Å². The van der Waals surface area contributed by atoms with Gasteiger partial charge in [-0.15, -0.1) is 5.10 Å². The van der Waals surface area contributed by atoms with Gasteiger partial charge < -0.3 is 5.11 Å². The summed E-state index contributed by atoms with van der Waals surface area (Å²) in [5, 5.41) is 19.5. The Kier molecular flexibility index (Phi) is 2.40. The second kappa shape index (κ2) is 3.87. The van der Waals surface area contributed by atoms with Crippen LogP contribution in [0, 0.1) is 0 Å². The van der Waals surface area contributed by atoms with Crippen molar-refractivity contribution >= 4 is 5.97 Å². The first-order valence-electron chi connectivity index (χ1n) is 4.31. The van der Waals surface area contributed by atoms with Gasteiger partial charge in [-0.1, -0.05) is 30.3 Å². The van der Waals surface area contributed by atoms with E-state index in [4.69, 9.17) is 5.11 Å². The van der Waals surface area contributed by atoms with Gasteiger partial charge in [-0.2, -0.15) is 0 Å². The molecule has 0 atom stereocenters. The highest BCUT2D eigenvalue weighted by atomic mass is 16.4. The van der Waals surface area contributed by atoms with Gasteiger partial charge in [0.05, 0.1) is 0 Å². The molecule has 0 radical (unpaired) electrons. The molecule has 0 spiro atoms. The Labute approximate surface area is 85.2 Å². The van der Waals surface area contributed by atoms with Gasteiger partial charge in [0.15, 0.2) is 5.82 Å². The van der Waals surface area contributed by atoms with E-state index in [9.17, 15) is 4.79 Å². The highest BCUT2D eigenvalue weighted by Gasteiger charge is 2.10. The first kappa shape index (κ1) is 9.32. The number of carboxylic acid groups (broad SMARTS) is 1. The van der Waals surface area contributed by atoms with Crippen molar-refractivity contribution in [1.29, 1.82) is 0 Å². The maximum atomic E-state index is 10.5. The zero-order valence-electron chi connectivity index (χ0n) is 7.74. The summed E-state index contributed by atoms with van der Waals surface area (Å²) < 4.78 is 1.25. The molecule has 1 aromatic carbocycles. The van der Waals surface area contributed by atoms with Crippen LogP contribution in [0.5, 0.6) is 0 Å². The van der Waals surface area contributed by atoms with Crippen LogP contribution in [0.25, 0.3) is 11.4 Å². The van der Waals surface area contributed by atoms with E-state index in [1.165, 1.54) is 4.68 Å². The van der Waals surface area contributed by atoms with Crippen molar-refractivity contribution in [3.63, 3.8) is 0 Å². The van der Waals surface area contributed by atoms with Gasteiger partial charge in [0.1, 0.15) is 6.54 Å². The summed E-state index contributed by atoms with van der Waals surface area (Å²) in [7, 11) is 0. The molecule has 0 saturated heterocycles. The average Bonchev–Trinajstić information content (AvgIpc) is 2.66. The van der Waals surface area contributed by atoms with Crippen LogP contribution < -0.4 is 0 Å². The van der Waals surface area contributed by atoms with Crippen molar-refractivity contribution in [2.24, 2.45) is 0 Å². The zero-order chi connectivity index (χ0) is 10.7. The Bertz CT molecular complexity index is 466. The molecule has 0 unspecified atom stereocenters. The molecular weight excluding hydrogens is 196 g/mol. The number of aromatic nitrogens is 4. The molecule has 0 aliphatic carbocycles. The molecule has 0 fully saturated rings. The zero-order valence-corrected chi connectivity index (χ0v) is 7.74. The molecule has 15 heavy (non-hydrogen) atoms. The van der Waals surface area contributed by atoms with Crippen LogP contribution in [0.15, 0.2) is 30.3 Å². The van der Waals surface area contributed by atoms with Crippen molar-refractivity contribution in [3.8, 4) is 11.4 Å². The number of carbonyl (C=O) groups is 1. The Morgan fingerprint density at radius 2 is 2.07 bits per heavy atom. The molecule has 2 rings (SSSR count). The van der Waals surface area contributed by atoms with Gasteiger partial charge in [-0.05, 0) is 10.4 Å². The Morgan fingerprint density at radius 3 is 2.73 bits per heavy atom. The summed E-state index contributed by atoms with van der Waals surface area (Å²) in [5.41, 5.74) is 0.795. The summed E-state index contributed by atoms with van der Waals surface area (Å²) in [6.07, 6.45) is 0. The van der Waals surface area contributed by atoms with Gasteiger partial charge in [-0.25, -0.2) is 4.68 Å². The fourth-order valence-electron chi connectivity index (χ4n) is 1.23. The molecule has 0 bridgehead atoms. The number of carboxylic acids is 1. The average molecular weight is 204 g/mol. The normalized spacial score (nSPS) is 10.1. The van der Waals surface area contributed by atoms with Gasteiger partial charge in [0.25, 0.3) is 0 Å². The quantitative estimate of drug-likeness (QED) is 0.783. The van der Waals surface area contributed by atoms with Crippen LogP contribution in [0.4, 0.5) is 0 Å². The van der Waals surface area contributed by atoms with Crippen molar-refractivity contribution in [1.82, 2.24) is 20.2 Å². The lowest BCUT2D eigenvalue weighted by Gasteiger charge is -2.00. The molecule has 2 aromatic rings. The number of aliphatic carboxylic acids is 1. The SMILES string of the molecule is O=C(O)Cn1nnnc1-c1ccccc1. The lowest BCUT2D eigenvalue weighted by Crippen LogP contribution is -2.11. The largest absolute Gasteiger partial charge is 0.480 e. The Morgan fingerprint density at radius 1 is 1.33 bits per heavy atom. The third-order valence-electron chi connectivity index (χ3n) is 1.85. The molecule has 76 valence electrons. The first-order chi connectivity index (χ1) is 7.27. The lowest BCUT2D eigenvalue weighted by molar-refractivity contribution is -0.137. The maximum absolute atomic E-state index is 10.5. The molecule has 0 amide bonds. The van der Waals surface area contributed by atoms with Crippen LogP contribution in [0.2, 0.25) is 0 Å². The lowest BCUT2D eigenvalue weighted by atomic mass is 10.2. The van der Waals surface area contributed by atoms with Crippen molar-refractivity contribution in [3.05, 3.63) is 30.3 Å². The van der Waals surface area contributed by atoms with E-state index in [0.717, 1.165) is 5.56 Å². The Balaban J connectivity index is 2.37. The van der Waals surface area contributed by atoms with Crippen molar-refractivity contribution in [2.75, 3.05) is 0 Å². The molecule has 0 aliphatic rings. The molecule has 0 aliphatic heterocycles. The topological polar surface area (TPSA) is 80.9 Å². The third kappa shape index (κ3) is 1.98. The number of nitrogens with zero attached hydrogens (tertiary/aromatic N) is 4. The molecule has 1 heterocycles. The molecule has 6 heteroatoms. The minimum atomic E-state index is -0.973. The Hall–Kier alpha value is -2.24. The van der Waals surface area contributed by atoms with Crippen LogP contribution in [-0.2, 0) is 11.3 Å². The van der Waals surface area contributed by atoms with Crippen LogP contribution >= 0.6 is 0 Å². The number of hydrogen-bond acceptors (Lipinski definition) is 4. The second-order valence-electron chi connectivity index (χ2n) is 2.92. The molecule has 1 N–H and O–H groups in total. The standard InChI is InChI=1S/C9H8N4O2/c14-8(15)6-13-9(10-11-12-13)7-4-2-1-3-5-7/h1-5H,6H2,(H,14,15). The molecule has 0 saturated carbocycles. The van der Waals surface area contributed by atoms with E-state index >= 15 is 0 Å². The molecule has 1 aromatic heterocycles. The summed E-state index contributed by atoms with van der Waals surface area (Å²) in [6, 6.07) is 9.20. The van der Waals surface area contributed by atoms with E-state index in [2.05, 4.69) is 15.5 Å². The minimum Gasteiger partial charge on any atom is -0.480 e. The van der Waals surface area contributed by atoms with E-state index < -0.39 is 5.97 Å². The highest BCUT2D eigenvalue weighted by molar-refractivity contribution is 5.67. The third-order valence-corrected chi connectivity index (χ3v) is 1.85. The molecule has 6 nitrogen and oxygen atoms in total. The maximum Gasteiger partial charge on any atom is 0.325 e. The van der Waals surface area contributed by atoms with Crippen molar-refractivity contribution < 1.29 is 9.90 Å². The predicted octanol–water partition coefficient (Wildman–Crippen LogP) is 0.425. The van der Waals surface area contributed by atoms with Crippen LogP contribution in [0.1, 0.15) is 0 Å². The van der Waals surface area contributed by atoms with E-state index in [0.29, 0.717) is 5.82 Å². The van der Waals surface area contributed by atoms with Gasteiger partial charge >= 0.3 is 5.97 Å². The van der Waals surface area contributed by atoms with Gasteiger partial charge in [-0.3, -0.25) is 4.79 Å². The fourth-order valence-corrected chi connectivity index (χ4v) is 1.23.